The molecule has 0 aromatic heterocycles. The highest BCUT2D eigenvalue weighted by atomic mass is 15.3. The van der Waals surface area contributed by atoms with Crippen LogP contribution in [0.25, 0.3) is 0 Å². The van der Waals surface area contributed by atoms with E-state index < -0.39 is 0 Å². The Bertz CT molecular complexity index is 365. The van der Waals surface area contributed by atoms with Gasteiger partial charge >= 0.3 is 0 Å². The Labute approximate surface area is 123 Å². The largest absolute Gasteiger partial charge is 0.314 e. The molecule has 2 saturated heterocycles. The van der Waals surface area contributed by atoms with Gasteiger partial charge in [-0.3, -0.25) is 4.90 Å². The Morgan fingerprint density at radius 3 is 2.15 bits per heavy atom. The summed E-state index contributed by atoms with van der Waals surface area (Å²) < 4.78 is 0. The van der Waals surface area contributed by atoms with Gasteiger partial charge in [-0.15, -0.1) is 0 Å². The summed E-state index contributed by atoms with van der Waals surface area (Å²) in [7, 11) is 0. The van der Waals surface area contributed by atoms with Crippen LogP contribution in [0.5, 0.6) is 0 Å². The highest BCUT2D eigenvalue weighted by Gasteiger charge is 2.68. The summed E-state index contributed by atoms with van der Waals surface area (Å²) in [4.78, 5) is 3.06. The first-order valence-electron chi connectivity index (χ1n) is 9.37. The quantitative estimate of drug-likeness (QED) is 0.848. The third-order valence-electron chi connectivity index (χ3n) is 7.51. The molecule has 5 rings (SSSR count). The van der Waals surface area contributed by atoms with Gasteiger partial charge in [0.05, 0.1) is 0 Å². The summed E-state index contributed by atoms with van der Waals surface area (Å²) >= 11 is 0. The van der Waals surface area contributed by atoms with Crippen molar-refractivity contribution in [1.29, 1.82) is 0 Å². The van der Waals surface area contributed by atoms with Gasteiger partial charge in [0.25, 0.3) is 0 Å². The molecule has 2 nitrogen and oxygen atoms in total. The zero-order valence-corrected chi connectivity index (χ0v) is 12.9. The SMILES string of the molecule is CCCNC1CC2CCC(C1)N2C1C2C3CCC(C3)C21. The maximum absolute atomic E-state index is 3.81. The molecule has 2 heterocycles. The lowest BCUT2D eigenvalue weighted by molar-refractivity contribution is 0.0890. The molecule has 5 aliphatic rings. The fourth-order valence-corrected chi connectivity index (χ4v) is 6.89. The van der Waals surface area contributed by atoms with Crippen LogP contribution < -0.4 is 5.32 Å². The first kappa shape index (κ1) is 12.5. The molecule has 3 aliphatic carbocycles. The molecule has 2 aliphatic heterocycles. The van der Waals surface area contributed by atoms with Crippen LogP contribution in [-0.2, 0) is 0 Å². The average Bonchev–Trinajstić information content (AvgIpc) is 2.76. The highest BCUT2D eigenvalue weighted by molar-refractivity contribution is 5.20. The molecular formula is C18H30N2. The van der Waals surface area contributed by atoms with E-state index in [0.29, 0.717) is 0 Å². The molecular weight excluding hydrogens is 244 g/mol. The summed E-state index contributed by atoms with van der Waals surface area (Å²) in [5, 5.41) is 3.81. The molecule has 112 valence electrons. The number of rotatable bonds is 4. The molecule has 4 bridgehead atoms. The number of nitrogens with one attached hydrogen (secondary N) is 1. The van der Waals surface area contributed by atoms with Crippen LogP contribution >= 0.6 is 0 Å². The minimum absolute atomic E-state index is 0.832. The molecule has 0 spiro atoms. The van der Waals surface area contributed by atoms with Crippen LogP contribution in [0.15, 0.2) is 0 Å². The van der Waals surface area contributed by atoms with E-state index in [1.54, 1.807) is 19.3 Å². The van der Waals surface area contributed by atoms with Gasteiger partial charge < -0.3 is 5.32 Å². The van der Waals surface area contributed by atoms with Gasteiger partial charge in [0.1, 0.15) is 0 Å². The number of hydrogen-bond donors (Lipinski definition) is 1. The van der Waals surface area contributed by atoms with E-state index in [1.807, 2.05) is 0 Å². The predicted molar refractivity (Wildman–Crippen MR) is 81.6 cm³/mol. The fourth-order valence-electron chi connectivity index (χ4n) is 6.89. The minimum Gasteiger partial charge on any atom is -0.314 e. The Hall–Kier alpha value is -0.0800. The number of fused-ring (bicyclic) bond motifs is 7. The van der Waals surface area contributed by atoms with Gasteiger partial charge in [-0.05, 0) is 81.6 Å². The van der Waals surface area contributed by atoms with E-state index in [1.165, 1.54) is 38.6 Å². The second kappa shape index (κ2) is 4.46. The lowest BCUT2D eigenvalue weighted by Gasteiger charge is -2.41. The Morgan fingerprint density at radius 1 is 0.900 bits per heavy atom. The second-order valence-electron chi connectivity index (χ2n) is 8.43. The van der Waals surface area contributed by atoms with E-state index >= 15 is 0 Å². The Kier molecular flexibility index (Phi) is 2.78. The van der Waals surface area contributed by atoms with Crippen LogP contribution in [0.2, 0.25) is 0 Å². The van der Waals surface area contributed by atoms with Gasteiger partial charge in [-0.25, -0.2) is 0 Å². The van der Waals surface area contributed by atoms with E-state index in [2.05, 4.69) is 17.1 Å². The van der Waals surface area contributed by atoms with Crippen LogP contribution in [0.3, 0.4) is 0 Å². The highest BCUT2D eigenvalue weighted by Crippen LogP contribution is 2.68. The van der Waals surface area contributed by atoms with E-state index in [9.17, 15) is 0 Å². The first-order chi connectivity index (χ1) is 9.86. The zero-order valence-electron chi connectivity index (χ0n) is 12.9. The number of nitrogens with zero attached hydrogens (tertiary/aromatic N) is 1. The standard InChI is InChI=1S/C18H30N2/c1-2-7-19-13-9-14-5-6-15(10-13)20(14)18-16-11-3-4-12(8-11)17(16)18/h11-19H,2-10H2,1H3. The van der Waals surface area contributed by atoms with E-state index in [4.69, 9.17) is 0 Å². The molecule has 0 amide bonds. The number of hydrogen-bond acceptors (Lipinski definition) is 2. The summed E-state index contributed by atoms with van der Waals surface area (Å²) in [6.07, 6.45) is 11.9. The van der Waals surface area contributed by atoms with Crippen LogP contribution in [0.4, 0.5) is 0 Å². The van der Waals surface area contributed by atoms with Crippen molar-refractivity contribution in [1.82, 2.24) is 10.2 Å². The summed E-state index contributed by atoms with van der Waals surface area (Å²) in [6.45, 7) is 3.51. The molecule has 2 heteroatoms. The van der Waals surface area contributed by atoms with Crippen molar-refractivity contribution < 1.29 is 0 Å². The lowest BCUT2D eigenvalue weighted by atomic mass is 9.95. The van der Waals surface area contributed by atoms with Crippen molar-refractivity contribution >= 4 is 0 Å². The normalized spacial score (nSPS) is 56.2. The van der Waals surface area contributed by atoms with Gasteiger partial charge in [0, 0.05) is 24.2 Å². The van der Waals surface area contributed by atoms with Crippen molar-refractivity contribution in [3.63, 3.8) is 0 Å². The zero-order chi connectivity index (χ0) is 13.3. The van der Waals surface area contributed by atoms with E-state index in [0.717, 1.165) is 47.8 Å². The smallest absolute Gasteiger partial charge is 0.0170 e. The Balaban J connectivity index is 1.28. The maximum atomic E-state index is 3.81. The average molecular weight is 274 g/mol. The molecule has 3 saturated carbocycles. The van der Waals surface area contributed by atoms with Crippen LogP contribution in [0.1, 0.15) is 58.3 Å². The van der Waals surface area contributed by atoms with Crippen molar-refractivity contribution in [3.8, 4) is 0 Å². The molecule has 20 heavy (non-hydrogen) atoms. The Morgan fingerprint density at radius 2 is 1.55 bits per heavy atom. The van der Waals surface area contributed by atoms with Crippen molar-refractivity contribution in [2.75, 3.05) is 6.54 Å². The van der Waals surface area contributed by atoms with Gasteiger partial charge in [0.15, 0.2) is 0 Å². The molecule has 6 unspecified atom stereocenters. The molecule has 0 aromatic carbocycles. The van der Waals surface area contributed by atoms with Crippen LogP contribution in [0, 0.1) is 23.7 Å². The summed E-state index contributed by atoms with van der Waals surface area (Å²) in [5.74, 6) is 4.59. The van der Waals surface area contributed by atoms with Gasteiger partial charge in [-0.2, -0.15) is 0 Å². The fraction of sp³-hybridized carbons (Fsp3) is 1.00. The molecule has 0 radical (unpaired) electrons. The third-order valence-corrected chi connectivity index (χ3v) is 7.51. The molecule has 1 N–H and O–H groups in total. The molecule has 6 atom stereocenters. The van der Waals surface area contributed by atoms with Gasteiger partial charge in [-0.1, -0.05) is 6.92 Å². The lowest BCUT2D eigenvalue weighted by Crippen LogP contribution is -2.51. The van der Waals surface area contributed by atoms with Crippen molar-refractivity contribution in [3.05, 3.63) is 0 Å². The maximum Gasteiger partial charge on any atom is 0.0170 e. The third kappa shape index (κ3) is 1.64. The van der Waals surface area contributed by atoms with E-state index in [-0.39, 0.29) is 0 Å². The van der Waals surface area contributed by atoms with Crippen LogP contribution in [-0.4, -0.2) is 35.6 Å². The van der Waals surface area contributed by atoms with Crippen molar-refractivity contribution in [2.45, 2.75) is 82.5 Å². The summed E-state index contributed by atoms with van der Waals surface area (Å²) in [5.41, 5.74) is 0. The second-order valence-corrected chi connectivity index (χ2v) is 8.43. The minimum atomic E-state index is 0.832. The topological polar surface area (TPSA) is 15.3 Å². The first-order valence-corrected chi connectivity index (χ1v) is 9.37. The number of piperidine rings is 1. The monoisotopic (exact) mass is 274 g/mol. The van der Waals surface area contributed by atoms with Gasteiger partial charge in [0.2, 0.25) is 0 Å². The molecule has 0 aromatic rings. The van der Waals surface area contributed by atoms with Crippen molar-refractivity contribution in [2.24, 2.45) is 23.7 Å². The predicted octanol–water partition coefficient (Wildman–Crippen LogP) is 3.03. The molecule has 5 fully saturated rings. The summed E-state index contributed by atoms with van der Waals surface area (Å²) in [6, 6.07) is 3.76.